The predicted octanol–water partition coefficient (Wildman–Crippen LogP) is 5.56. The Morgan fingerprint density at radius 2 is 1.93 bits per heavy atom. The van der Waals surface area contributed by atoms with Crippen molar-refractivity contribution in [2.75, 3.05) is 19.0 Å². The maximum Gasteiger partial charge on any atom is 0.411 e. The maximum atomic E-state index is 11.8. The van der Waals surface area contributed by atoms with E-state index in [2.05, 4.69) is 22.9 Å². The predicted molar refractivity (Wildman–Crippen MR) is 114 cm³/mol. The Kier molecular flexibility index (Phi) is 6.40. The minimum Gasteiger partial charge on any atom is -0.497 e. The standard InChI is InChI=1S/C23H25N3O3/c1-4-6-13-29-23(27)25-17-9-7-16(8-10-17)22-20(15-24)19-14-18(28-3)11-12-21(19)26(22)5-2/h7-12,14H,4-6,13H2,1-3H3,(H,25,27). The highest BCUT2D eigenvalue weighted by Gasteiger charge is 2.18. The van der Waals surface area contributed by atoms with Gasteiger partial charge in [0.1, 0.15) is 11.8 Å². The second kappa shape index (κ2) is 9.16. The Morgan fingerprint density at radius 1 is 1.17 bits per heavy atom. The molecule has 0 aliphatic heterocycles. The van der Waals surface area contributed by atoms with Crippen LogP contribution in [0.25, 0.3) is 22.2 Å². The highest BCUT2D eigenvalue weighted by Crippen LogP contribution is 2.35. The van der Waals surface area contributed by atoms with Crippen LogP contribution >= 0.6 is 0 Å². The third-order valence-corrected chi connectivity index (χ3v) is 4.83. The van der Waals surface area contributed by atoms with E-state index in [0.717, 1.165) is 47.3 Å². The zero-order chi connectivity index (χ0) is 20.8. The van der Waals surface area contributed by atoms with Gasteiger partial charge in [-0.15, -0.1) is 0 Å². The van der Waals surface area contributed by atoms with E-state index in [1.165, 1.54) is 0 Å². The van der Waals surface area contributed by atoms with Gasteiger partial charge >= 0.3 is 6.09 Å². The van der Waals surface area contributed by atoms with Crippen molar-refractivity contribution in [1.29, 1.82) is 5.26 Å². The van der Waals surface area contributed by atoms with Gasteiger partial charge in [0, 0.05) is 17.6 Å². The first-order chi connectivity index (χ1) is 14.1. The van der Waals surface area contributed by atoms with Gasteiger partial charge in [-0.3, -0.25) is 5.32 Å². The fourth-order valence-electron chi connectivity index (χ4n) is 3.38. The number of nitriles is 1. The van der Waals surface area contributed by atoms with Crippen LogP contribution in [0.4, 0.5) is 10.5 Å². The van der Waals surface area contributed by atoms with Crippen LogP contribution in [0.5, 0.6) is 5.75 Å². The molecule has 0 unspecified atom stereocenters. The molecule has 0 spiro atoms. The lowest BCUT2D eigenvalue weighted by Gasteiger charge is -2.10. The number of aromatic nitrogens is 1. The summed E-state index contributed by atoms with van der Waals surface area (Å²) in [7, 11) is 1.62. The van der Waals surface area contributed by atoms with Gasteiger partial charge in [0.2, 0.25) is 0 Å². The minimum absolute atomic E-state index is 0.409. The van der Waals surface area contributed by atoms with Crippen molar-refractivity contribution in [2.45, 2.75) is 33.2 Å². The van der Waals surface area contributed by atoms with E-state index in [4.69, 9.17) is 9.47 Å². The lowest BCUT2D eigenvalue weighted by Crippen LogP contribution is -2.14. The molecule has 0 bridgehead atoms. The Balaban J connectivity index is 1.94. The molecule has 2 aromatic carbocycles. The van der Waals surface area contributed by atoms with Crippen molar-refractivity contribution < 1.29 is 14.3 Å². The summed E-state index contributed by atoms with van der Waals surface area (Å²) in [5.74, 6) is 0.718. The van der Waals surface area contributed by atoms with E-state index >= 15 is 0 Å². The number of ether oxygens (including phenoxy) is 2. The minimum atomic E-state index is -0.460. The van der Waals surface area contributed by atoms with Crippen molar-refractivity contribution in [3.8, 4) is 23.1 Å². The van der Waals surface area contributed by atoms with Gasteiger partial charge in [0.05, 0.1) is 30.5 Å². The van der Waals surface area contributed by atoms with Gasteiger partial charge in [0.15, 0.2) is 0 Å². The average molecular weight is 391 g/mol. The number of nitrogens with one attached hydrogen (secondary N) is 1. The van der Waals surface area contributed by atoms with E-state index < -0.39 is 6.09 Å². The molecule has 6 heteroatoms. The van der Waals surface area contributed by atoms with E-state index in [9.17, 15) is 10.1 Å². The number of nitrogens with zero attached hydrogens (tertiary/aromatic N) is 2. The molecule has 0 radical (unpaired) electrons. The van der Waals surface area contributed by atoms with Crippen LogP contribution in [0, 0.1) is 11.3 Å². The normalized spacial score (nSPS) is 10.6. The molecule has 3 rings (SSSR count). The number of benzene rings is 2. The summed E-state index contributed by atoms with van der Waals surface area (Å²) < 4.78 is 12.6. The van der Waals surface area contributed by atoms with E-state index in [0.29, 0.717) is 17.9 Å². The summed E-state index contributed by atoms with van der Waals surface area (Å²) in [4.78, 5) is 11.8. The quantitative estimate of drug-likeness (QED) is 0.535. The number of fused-ring (bicyclic) bond motifs is 1. The topological polar surface area (TPSA) is 76.3 Å². The number of carbonyl (C=O) groups is 1. The monoisotopic (exact) mass is 391 g/mol. The van der Waals surface area contributed by atoms with Crippen molar-refractivity contribution in [2.24, 2.45) is 0 Å². The lowest BCUT2D eigenvalue weighted by molar-refractivity contribution is 0.160. The average Bonchev–Trinajstić information content (AvgIpc) is 3.07. The summed E-state index contributed by atoms with van der Waals surface area (Å²) >= 11 is 0. The summed E-state index contributed by atoms with van der Waals surface area (Å²) in [6.07, 6.45) is 1.36. The van der Waals surface area contributed by atoms with Gasteiger partial charge in [-0.05, 0) is 49.2 Å². The van der Waals surface area contributed by atoms with E-state index in [-0.39, 0.29) is 0 Å². The molecule has 0 aliphatic carbocycles. The molecule has 1 N–H and O–H groups in total. The fraction of sp³-hybridized carbons (Fsp3) is 0.304. The zero-order valence-corrected chi connectivity index (χ0v) is 17.0. The number of hydrogen-bond acceptors (Lipinski definition) is 4. The molecule has 29 heavy (non-hydrogen) atoms. The van der Waals surface area contributed by atoms with Gasteiger partial charge in [-0.2, -0.15) is 5.26 Å². The van der Waals surface area contributed by atoms with Crippen molar-refractivity contribution in [3.63, 3.8) is 0 Å². The highest BCUT2D eigenvalue weighted by atomic mass is 16.5. The van der Waals surface area contributed by atoms with Crippen LogP contribution in [0.3, 0.4) is 0 Å². The van der Waals surface area contributed by atoms with E-state index in [1.807, 2.05) is 49.4 Å². The lowest BCUT2D eigenvalue weighted by atomic mass is 10.1. The Bertz CT molecular complexity index is 1050. The molecular weight excluding hydrogens is 366 g/mol. The number of anilines is 1. The van der Waals surface area contributed by atoms with Crippen LogP contribution in [-0.2, 0) is 11.3 Å². The number of hydrogen-bond donors (Lipinski definition) is 1. The zero-order valence-electron chi connectivity index (χ0n) is 17.0. The molecule has 0 saturated heterocycles. The number of methoxy groups -OCH3 is 1. The first-order valence-corrected chi connectivity index (χ1v) is 9.77. The molecular formula is C23H25N3O3. The molecule has 1 amide bonds. The van der Waals surface area contributed by atoms with Crippen LogP contribution in [0.15, 0.2) is 42.5 Å². The number of carbonyl (C=O) groups excluding carboxylic acids is 1. The molecule has 0 aliphatic rings. The molecule has 0 atom stereocenters. The van der Waals surface area contributed by atoms with Crippen molar-refractivity contribution in [3.05, 3.63) is 48.0 Å². The van der Waals surface area contributed by atoms with Gasteiger partial charge in [-0.25, -0.2) is 4.79 Å². The van der Waals surface area contributed by atoms with Gasteiger partial charge < -0.3 is 14.0 Å². The molecule has 150 valence electrons. The number of rotatable bonds is 7. The molecule has 0 fully saturated rings. The molecule has 3 aromatic rings. The second-order valence-corrected chi connectivity index (χ2v) is 6.65. The Labute approximate surface area is 170 Å². The Hall–Kier alpha value is -3.46. The first-order valence-electron chi connectivity index (χ1n) is 9.77. The molecule has 0 saturated carbocycles. The number of aryl methyl sites for hydroxylation is 1. The molecule has 1 aromatic heterocycles. The molecule has 1 heterocycles. The summed E-state index contributed by atoms with van der Waals surface area (Å²) in [5.41, 5.74) is 4.01. The number of amides is 1. The van der Waals surface area contributed by atoms with Crippen LogP contribution in [0.2, 0.25) is 0 Å². The van der Waals surface area contributed by atoms with E-state index in [1.54, 1.807) is 7.11 Å². The first kappa shape index (κ1) is 20.3. The largest absolute Gasteiger partial charge is 0.497 e. The van der Waals surface area contributed by atoms with Gasteiger partial charge in [-0.1, -0.05) is 25.5 Å². The summed E-state index contributed by atoms with van der Waals surface area (Å²) in [5, 5.41) is 13.4. The van der Waals surface area contributed by atoms with Crippen molar-refractivity contribution in [1.82, 2.24) is 4.57 Å². The highest BCUT2D eigenvalue weighted by molar-refractivity contribution is 5.95. The smallest absolute Gasteiger partial charge is 0.411 e. The SMILES string of the molecule is CCCCOC(=O)Nc1ccc(-c2c(C#N)c3cc(OC)ccc3n2CC)cc1. The second-order valence-electron chi connectivity index (χ2n) is 6.65. The summed E-state index contributed by atoms with van der Waals surface area (Å²) in [6, 6.07) is 15.6. The number of unbranched alkanes of at least 4 members (excludes halogenated alkanes) is 1. The third kappa shape index (κ3) is 4.19. The van der Waals surface area contributed by atoms with Gasteiger partial charge in [0.25, 0.3) is 0 Å². The third-order valence-electron chi connectivity index (χ3n) is 4.83. The van der Waals surface area contributed by atoms with Crippen LogP contribution in [-0.4, -0.2) is 24.4 Å². The Morgan fingerprint density at radius 3 is 2.55 bits per heavy atom. The van der Waals surface area contributed by atoms with Crippen molar-refractivity contribution >= 4 is 22.7 Å². The molecule has 6 nitrogen and oxygen atoms in total. The maximum absolute atomic E-state index is 11.8. The fourth-order valence-corrected chi connectivity index (χ4v) is 3.38. The van der Waals surface area contributed by atoms with Crippen LogP contribution < -0.4 is 10.1 Å². The van der Waals surface area contributed by atoms with Crippen LogP contribution in [0.1, 0.15) is 32.3 Å². The summed E-state index contributed by atoms with van der Waals surface area (Å²) in [6.45, 7) is 5.23.